The van der Waals surface area contributed by atoms with Crippen LogP contribution < -0.4 is 0 Å². The highest BCUT2D eigenvalue weighted by molar-refractivity contribution is 14.1. The van der Waals surface area contributed by atoms with E-state index in [1.807, 2.05) is 23.0 Å². The van der Waals surface area contributed by atoms with Crippen LogP contribution in [0.1, 0.15) is 20.3 Å². The smallest absolute Gasteiger partial charge is 0.110 e. The Morgan fingerprint density at radius 1 is 1.73 bits per heavy atom. The Morgan fingerprint density at radius 3 is 3.00 bits per heavy atom. The minimum atomic E-state index is 0.682. The summed E-state index contributed by atoms with van der Waals surface area (Å²) in [6.45, 7) is 5.16. The average Bonchev–Trinajstić information content (AvgIpc) is 1.85. The summed E-state index contributed by atoms with van der Waals surface area (Å²) in [5, 5.41) is 0. The monoisotopic (exact) mass is 264 g/mol. The summed E-state index contributed by atoms with van der Waals surface area (Å²) in [5.74, 6) is 0.682. The van der Waals surface area contributed by atoms with Gasteiger partial charge >= 0.3 is 0 Å². The van der Waals surface area contributed by atoms with Crippen molar-refractivity contribution in [3.05, 3.63) is 23.3 Å². The van der Waals surface area contributed by atoms with E-state index in [4.69, 9.17) is 3.07 Å². The molecule has 1 aliphatic carbocycles. The van der Waals surface area contributed by atoms with E-state index in [-0.39, 0.29) is 0 Å². The lowest BCUT2D eigenvalue weighted by Gasteiger charge is -2.15. The molecule has 0 bridgehead atoms. The van der Waals surface area contributed by atoms with E-state index in [1.54, 1.807) is 0 Å². The summed E-state index contributed by atoms with van der Waals surface area (Å²) in [5.41, 5.74) is 2.78. The van der Waals surface area contributed by atoms with Gasteiger partial charge in [0.15, 0.2) is 0 Å². The number of hydrogen-bond acceptors (Lipinski definition) is 1. The van der Waals surface area contributed by atoms with Gasteiger partial charge in [0.2, 0.25) is 0 Å². The van der Waals surface area contributed by atoms with Gasteiger partial charge in [-0.2, -0.15) is 0 Å². The molecule has 1 aliphatic rings. The van der Waals surface area contributed by atoms with E-state index < -0.39 is 0 Å². The standard InChI is InChI=1S/C9H13IO/c1-7-3-8(2)5-9(4-7)6-11-10/h4-5,7H,3,6H2,1-2H3. The van der Waals surface area contributed by atoms with Crippen LogP contribution in [0.2, 0.25) is 0 Å². The predicted molar refractivity (Wildman–Crippen MR) is 55.6 cm³/mol. The quantitative estimate of drug-likeness (QED) is 0.695. The zero-order valence-corrected chi connectivity index (χ0v) is 9.09. The molecule has 0 heterocycles. The first kappa shape index (κ1) is 9.26. The van der Waals surface area contributed by atoms with Crippen molar-refractivity contribution >= 4 is 23.0 Å². The molecule has 1 rings (SSSR count). The van der Waals surface area contributed by atoms with Crippen molar-refractivity contribution in [3.63, 3.8) is 0 Å². The van der Waals surface area contributed by atoms with Crippen LogP contribution in [0, 0.1) is 5.92 Å². The van der Waals surface area contributed by atoms with Gasteiger partial charge in [0.1, 0.15) is 23.0 Å². The van der Waals surface area contributed by atoms with Gasteiger partial charge in [0.05, 0.1) is 6.61 Å². The molecule has 0 saturated heterocycles. The van der Waals surface area contributed by atoms with Crippen molar-refractivity contribution < 1.29 is 3.07 Å². The third-order valence-corrected chi connectivity index (χ3v) is 2.11. The van der Waals surface area contributed by atoms with E-state index in [2.05, 4.69) is 26.0 Å². The Labute approximate surface area is 82.2 Å². The van der Waals surface area contributed by atoms with Gasteiger partial charge in [-0.3, -0.25) is 0 Å². The van der Waals surface area contributed by atoms with Crippen LogP contribution in [0.15, 0.2) is 23.3 Å². The molecule has 0 aromatic heterocycles. The first-order chi connectivity index (χ1) is 5.22. The molecule has 0 saturated carbocycles. The van der Waals surface area contributed by atoms with Crippen molar-refractivity contribution in [2.24, 2.45) is 5.92 Å². The molecule has 0 spiro atoms. The van der Waals surface area contributed by atoms with E-state index >= 15 is 0 Å². The van der Waals surface area contributed by atoms with Crippen LogP contribution in [0.25, 0.3) is 0 Å². The molecular weight excluding hydrogens is 251 g/mol. The first-order valence-electron chi connectivity index (χ1n) is 3.84. The zero-order valence-electron chi connectivity index (χ0n) is 6.93. The fourth-order valence-electron chi connectivity index (χ4n) is 1.51. The van der Waals surface area contributed by atoms with Gasteiger partial charge in [-0.1, -0.05) is 24.6 Å². The Hall–Kier alpha value is 0.170. The topological polar surface area (TPSA) is 9.23 Å². The molecule has 11 heavy (non-hydrogen) atoms. The largest absolute Gasteiger partial charge is 0.311 e. The molecule has 0 fully saturated rings. The number of rotatable bonds is 2. The van der Waals surface area contributed by atoms with Gasteiger partial charge in [-0.05, 0) is 24.8 Å². The normalized spacial score (nSPS) is 24.5. The number of allylic oxidation sites excluding steroid dienone is 2. The third kappa shape index (κ3) is 2.95. The summed E-state index contributed by atoms with van der Waals surface area (Å²) in [7, 11) is 0. The van der Waals surface area contributed by atoms with Crippen LogP contribution in [-0.2, 0) is 3.07 Å². The highest BCUT2D eigenvalue weighted by Crippen LogP contribution is 2.22. The molecule has 0 aromatic rings. The van der Waals surface area contributed by atoms with Crippen LogP contribution in [0.4, 0.5) is 0 Å². The van der Waals surface area contributed by atoms with Crippen LogP contribution in [0.5, 0.6) is 0 Å². The summed E-state index contributed by atoms with van der Waals surface area (Å²) >= 11 is 1.93. The fourth-order valence-corrected chi connectivity index (χ4v) is 1.87. The molecule has 0 aromatic carbocycles. The third-order valence-electron chi connectivity index (χ3n) is 1.80. The Kier molecular flexibility index (Phi) is 3.59. The zero-order chi connectivity index (χ0) is 8.27. The van der Waals surface area contributed by atoms with Crippen LogP contribution in [0.3, 0.4) is 0 Å². The van der Waals surface area contributed by atoms with Gasteiger partial charge in [-0.25, -0.2) is 0 Å². The van der Waals surface area contributed by atoms with Crippen LogP contribution >= 0.6 is 23.0 Å². The summed E-state index contributed by atoms with van der Waals surface area (Å²) in [6, 6.07) is 0. The van der Waals surface area contributed by atoms with Crippen molar-refractivity contribution in [1.82, 2.24) is 0 Å². The average molecular weight is 264 g/mol. The first-order valence-corrected chi connectivity index (χ1v) is 4.72. The van der Waals surface area contributed by atoms with E-state index in [0.29, 0.717) is 5.92 Å². The maximum atomic E-state index is 5.04. The Balaban J connectivity index is 2.62. The lowest BCUT2D eigenvalue weighted by molar-refractivity contribution is 0.473. The minimum Gasteiger partial charge on any atom is -0.311 e. The van der Waals surface area contributed by atoms with E-state index in [0.717, 1.165) is 6.61 Å². The Bertz CT molecular complexity index is 194. The second-order valence-corrected chi connectivity index (χ2v) is 3.79. The molecule has 1 unspecified atom stereocenters. The van der Waals surface area contributed by atoms with Gasteiger partial charge in [0.25, 0.3) is 0 Å². The minimum absolute atomic E-state index is 0.682. The molecular formula is C9H13IO. The maximum absolute atomic E-state index is 5.04. The molecule has 1 nitrogen and oxygen atoms in total. The van der Waals surface area contributed by atoms with Crippen molar-refractivity contribution in [1.29, 1.82) is 0 Å². The second kappa shape index (κ2) is 4.26. The summed E-state index contributed by atoms with van der Waals surface area (Å²) in [4.78, 5) is 0. The molecule has 0 N–H and O–H groups in total. The molecule has 0 aliphatic heterocycles. The molecule has 1 atom stereocenters. The SMILES string of the molecule is CC1=CC(COI)=CC(C)C1. The lowest BCUT2D eigenvalue weighted by atomic mass is 9.93. The molecule has 0 amide bonds. The second-order valence-electron chi connectivity index (χ2n) is 3.17. The van der Waals surface area contributed by atoms with Gasteiger partial charge in [-0.15, -0.1) is 0 Å². The van der Waals surface area contributed by atoms with Crippen molar-refractivity contribution in [2.75, 3.05) is 6.61 Å². The van der Waals surface area contributed by atoms with Crippen molar-refractivity contribution in [3.8, 4) is 0 Å². The highest BCUT2D eigenvalue weighted by Gasteiger charge is 2.07. The lowest BCUT2D eigenvalue weighted by Crippen LogP contribution is -2.02. The molecule has 62 valence electrons. The number of hydrogen-bond donors (Lipinski definition) is 0. The summed E-state index contributed by atoms with van der Waals surface area (Å²) < 4.78 is 5.04. The van der Waals surface area contributed by atoms with Crippen LogP contribution in [-0.4, -0.2) is 6.61 Å². The van der Waals surface area contributed by atoms with E-state index in [1.165, 1.54) is 17.6 Å². The fraction of sp³-hybridized carbons (Fsp3) is 0.556. The number of halogens is 1. The van der Waals surface area contributed by atoms with Crippen molar-refractivity contribution in [2.45, 2.75) is 20.3 Å². The maximum Gasteiger partial charge on any atom is 0.110 e. The molecule has 0 radical (unpaired) electrons. The van der Waals surface area contributed by atoms with Gasteiger partial charge < -0.3 is 3.07 Å². The molecule has 2 heteroatoms. The summed E-state index contributed by atoms with van der Waals surface area (Å²) in [6.07, 6.45) is 5.70. The highest BCUT2D eigenvalue weighted by atomic mass is 127. The van der Waals surface area contributed by atoms with Gasteiger partial charge in [0, 0.05) is 0 Å². The predicted octanol–water partition coefficient (Wildman–Crippen LogP) is 3.27. The Morgan fingerprint density at radius 2 is 2.45 bits per heavy atom. The van der Waals surface area contributed by atoms with E-state index in [9.17, 15) is 0 Å².